The van der Waals surface area contributed by atoms with E-state index in [1.165, 1.54) is 6.92 Å². The molecule has 2 aromatic rings. The Bertz CT molecular complexity index is 832. The third-order valence-electron chi connectivity index (χ3n) is 3.51. The number of carbonyl (C=O) groups excluding carboxylic acids is 2. The molecule has 144 valence electrons. The highest BCUT2D eigenvalue weighted by molar-refractivity contribution is 5.80. The number of benzene rings is 2. The van der Waals surface area contributed by atoms with Gasteiger partial charge in [-0.25, -0.2) is 22.0 Å². The van der Waals surface area contributed by atoms with Crippen LogP contribution in [-0.2, 0) is 9.59 Å². The van der Waals surface area contributed by atoms with Gasteiger partial charge in [0.05, 0.1) is 12.5 Å². The molecule has 0 aliphatic heterocycles. The van der Waals surface area contributed by atoms with E-state index in [1.807, 2.05) is 5.43 Å². The lowest BCUT2D eigenvalue weighted by molar-refractivity contribution is -0.122. The lowest BCUT2D eigenvalue weighted by atomic mass is 10.0. The fraction of sp³-hybridized carbons (Fsp3) is 0.176. The highest BCUT2D eigenvalue weighted by Crippen LogP contribution is 2.26. The third-order valence-corrected chi connectivity index (χ3v) is 3.51. The van der Waals surface area contributed by atoms with Crippen LogP contribution in [-0.4, -0.2) is 11.8 Å². The van der Waals surface area contributed by atoms with Crippen molar-refractivity contribution in [3.8, 4) is 0 Å². The Balaban J connectivity index is 2.12. The quantitative estimate of drug-likeness (QED) is 0.309. The molecule has 10 heteroatoms. The maximum Gasteiger partial charge on any atom is 0.240 e. The zero-order chi connectivity index (χ0) is 20.1. The zero-order valence-electron chi connectivity index (χ0n) is 13.9. The van der Waals surface area contributed by atoms with Gasteiger partial charge in [-0.05, 0) is 5.56 Å². The molecule has 0 radical (unpaired) electrons. The van der Waals surface area contributed by atoms with E-state index in [0.717, 1.165) is 0 Å². The molecule has 0 aliphatic carbocycles. The summed E-state index contributed by atoms with van der Waals surface area (Å²) < 4.78 is 66.4. The molecule has 27 heavy (non-hydrogen) atoms. The largest absolute Gasteiger partial charge is 0.349 e. The summed E-state index contributed by atoms with van der Waals surface area (Å²) in [6.07, 6.45) is -0.355. The van der Waals surface area contributed by atoms with Crippen LogP contribution in [0.25, 0.3) is 0 Å². The number of amides is 2. The van der Waals surface area contributed by atoms with Crippen LogP contribution < -0.4 is 16.2 Å². The molecule has 0 aromatic heterocycles. The number of hydrazine groups is 1. The number of hydrogen-bond acceptors (Lipinski definition) is 3. The van der Waals surface area contributed by atoms with E-state index in [2.05, 4.69) is 5.32 Å². The van der Waals surface area contributed by atoms with E-state index in [1.54, 1.807) is 35.8 Å². The van der Waals surface area contributed by atoms with Gasteiger partial charge in [0.25, 0.3) is 0 Å². The van der Waals surface area contributed by atoms with E-state index in [9.17, 15) is 31.5 Å². The van der Waals surface area contributed by atoms with Crippen LogP contribution in [0, 0.1) is 29.1 Å². The van der Waals surface area contributed by atoms with E-state index >= 15 is 0 Å². The molecule has 5 nitrogen and oxygen atoms in total. The van der Waals surface area contributed by atoms with Gasteiger partial charge >= 0.3 is 0 Å². The number of nitrogens with one attached hydrogen (secondary N) is 3. The molecule has 2 rings (SSSR count). The first-order valence-corrected chi connectivity index (χ1v) is 7.60. The van der Waals surface area contributed by atoms with Gasteiger partial charge in [0.15, 0.2) is 23.3 Å². The van der Waals surface area contributed by atoms with Crippen molar-refractivity contribution in [2.75, 3.05) is 5.43 Å². The van der Waals surface area contributed by atoms with Crippen LogP contribution in [0.5, 0.6) is 0 Å². The van der Waals surface area contributed by atoms with Crippen LogP contribution in [0.15, 0.2) is 30.3 Å². The van der Waals surface area contributed by atoms with Crippen molar-refractivity contribution in [2.24, 2.45) is 0 Å². The standard InChI is InChI=1S/C17H14F5N3O2/c1-8(26)23-10(9-5-3-2-4-6-9)7-11(27)24-25-17-15(21)13(19)12(18)14(20)16(17)22/h2-6,10,25H,7H2,1H3,(H,23,26)(H,24,27)/t10-/m1/s1. The van der Waals surface area contributed by atoms with Crippen LogP contribution in [0.3, 0.4) is 0 Å². The molecule has 0 saturated heterocycles. The van der Waals surface area contributed by atoms with E-state index in [0.29, 0.717) is 5.56 Å². The summed E-state index contributed by atoms with van der Waals surface area (Å²) in [5.74, 6) is -12.1. The van der Waals surface area contributed by atoms with Gasteiger partial charge in [-0.1, -0.05) is 30.3 Å². The smallest absolute Gasteiger partial charge is 0.240 e. The van der Waals surface area contributed by atoms with Crippen LogP contribution in [0.2, 0.25) is 0 Å². The van der Waals surface area contributed by atoms with Gasteiger partial charge in [-0.2, -0.15) is 0 Å². The van der Waals surface area contributed by atoms with E-state index < -0.39 is 52.6 Å². The second kappa shape index (κ2) is 8.47. The summed E-state index contributed by atoms with van der Waals surface area (Å²) >= 11 is 0. The van der Waals surface area contributed by atoms with Gasteiger partial charge in [0.1, 0.15) is 5.69 Å². The minimum atomic E-state index is -2.31. The first-order chi connectivity index (χ1) is 12.7. The van der Waals surface area contributed by atoms with Crippen molar-refractivity contribution in [3.05, 3.63) is 65.0 Å². The zero-order valence-corrected chi connectivity index (χ0v) is 13.9. The Labute approximate surface area is 150 Å². The van der Waals surface area contributed by atoms with Gasteiger partial charge in [-0.15, -0.1) is 0 Å². The van der Waals surface area contributed by atoms with E-state index in [4.69, 9.17) is 0 Å². The topological polar surface area (TPSA) is 70.2 Å². The third kappa shape index (κ3) is 4.72. The average molecular weight is 387 g/mol. The molecule has 0 fully saturated rings. The lowest BCUT2D eigenvalue weighted by Gasteiger charge is -2.18. The summed E-state index contributed by atoms with van der Waals surface area (Å²) in [6.45, 7) is 1.24. The Hall–Kier alpha value is -3.17. The van der Waals surface area contributed by atoms with Gasteiger partial charge < -0.3 is 5.32 Å². The number of rotatable bonds is 6. The van der Waals surface area contributed by atoms with Gasteiger partial charge in [-0.3, -0.25) is 20.4 Å². The van der Waals surface area contributed by atoms with Crippen LogP contribution >= 0.6 is 0 Å². The van der Waals surface area contributed by atoms with Crippen molar-refractivity contribution >= 4 is 17.5 Å². The van der Waals surface area contributed by atoms with Gasteiger partial charge in [0.2, 0.25) is 17.6 Å². The fourth-order valence-electron chi connectivity index (χ4n) is 2.27. The van der Waals surface area contributed by atoms with Crippen LogP contribution in [0.1, 0.15) is 24.9 Å². The normalized spacial score (nSPS) is 11.6. The molecular weight excluding hydrogens is 373 g/mol. The molecule has 0 saturated carbocycles. The summed E-state index contributed by atoms with van der Waals surface area (Å²) in [5, 5.41) is 2.53. The minimum absolute atomic E-state index is 0.355. The lowest BCUT2D eigenvalue weighted by Crippen LogP contribution is -2.35. The number of hydrogen-bond donors (Lipinski definition) is 3. The maximum absolute atomic E-state index is 13.6. The van der Waals surface area contributed by atoms with Crippen molar-refractivity contribution in [2.45, 2.75) is 19.4 Å². The number of anilines is 1. The minimum Gasteiger partial charge on any atom is -0.349 e. The number of halogens is 5. The Morgan fingerprint density at radius 3 is 1.93 bits per heavy atom. The SMILES string of the molecule is CC(=O)N[C@H](CC(=O)NNc1c(F)c(F)c(F)c(F)c1F)c1ccccc1. The molecule has 2 aromatic carbocycles. The molecule has 3 N–H and O–H groups in total. The highest BCUT2D eigenvalue weighted by Gasteiger charge is 2.26. The summed E-state index contributed by atoms with van der Waals surface area (Å²) in [4.78, 5) is 23.3. The second-order valence-electron chi connectivity index (χ2n) is 5.49. The summed E-state index contributed by atoms with van der Waals surface area (Å²) in [6, 6.07) is 7.60. The maximum atomic E-state index is 13.6. The molecule has 0 heterocycles. The first kappa shape index (κ1) is 20.1. The Kier molecular flexibility index (Phi) is 6.32. The van der Waals surface area contributed by atoms with Crippen molar-refractivity contribution in [1.82, 2.24) is 10.7 Å². The average Bonchev–Trinajstić information content (AvgIpc) is 2.64. The molecule has 2 amide bonds. The van der Waals surface area contributed by atoms with E-state index in [-0.39, 0.29) is 6.42 Å². The number of carbonyl (C=O) groups is 2. The Morgan fingerprint density at radius 1 is 0.889 bits per heavy atom. The summed E-state index contributed by atoms with van der Waals surface area (Å²) in [5.41, 5.74) is 2.73. The van der Waals surface area contributed by atoms with Crippen molar-refractivity contribution in [1.29, 1.82) is 0 Å². The second-order valence-corrected chi connectivity index (χ2v) is 5.49. The molecule has 0 aliphatic rings. The fourth-order valence-corrected chi connectivity index (χ4v) is 2.27. The van der Waals surface area contributed by atoms with Gasteiger partial charge in [0, 0.05) is 6.92 Å². The summed E-state index contributed by atoms with van der Waals surface area (Å²) in [7, 11) is 0. The molecule has 0 bridgehead atoms. The predicted molar refractivity (Wildman–Crippen MR) is 85.6 cm³/mol. The molecule has 1 atom stereocenters. The monoisotopic (exact) mass is 387 g/mol. The van der Waals surface area contributed by atoms with Crippen molar-refractivity contribution < 1.29 is 31.5 Å². The highest BCUT2D eigenvalue weighted by atomic mass is 19.2. The van der Waals surface area contributed by atoms with Crippen molar-refractivity contribution in [3.63, 3.8) is 0 Å². The van der Waals surface area contributed by atoms with Crippen LogP contribution in [0.4, 0.5) is 27.6 Å². The molecular formula is C17H14F5N3O2. The first-order valence-electron chi connectivity index (χ1n) is 7.60. The molecule has 0 unspecified atom stereocenters. The molecule has 0 spiro atoms. The predicted octanol–water partition coefficient (Wildman–Crippen LogP) is 3.09. The Morgan fingerprint density at radius 2 is 1.41 bits per heavy atom.